The van der Waals surface area contributed by atoms with E-state index in [9.17, 15) is 5.11 Å². The summed E-state index contributed by atoms with van der Waals surface area (Å²) in [6.07, 6.45) is 0.617. The van der Waals surface area contributed by atoms with Crippen LogP contribution >= 0.6 is 17.0 Å². The fourth-order valence-electron chi connectivity index (χ4n) is 1.04. The van der Waals surface area contributed by atoms with E-state index in [4.69, 9.17) is 16.6 Å². The van der Waals surface area contributed by atoms with E-state index in [-0.39, 0.29) is 34.4 Å². The van der Waals surface area contributed by atoms with Crippen molar-refractivity contribution in [2.75, 3.05) is 6.54 Å². The Morgan fingerprint density at radius 2 is 1.87 bits per heavy atom. The van der Waals surface area contributed by atoms with Crippen LogP contribution in [0, 0.1) is 0 Å². The Hall–Kier alpha value is -1.43. The Labute approximate surface area is 98.2 Å². The first-order valence-corrected chi connectivity index (χ1v) is 4.16. The van der Waals surface area contributed by atoms with Gasteiger partial charge in [-0.1, -0.05) is 6.07 Å². The molecule has 0 aliphatic carbocycles. The van der Waals surface area contributed by atoms with Crippen LogP contribution in [0.15, 0.2) is 23.2 Å². The topological polar surface area (TPSA) is 105 Å². The third kappa shape index (κ3) is 4.55. The number of aliphatic imine (C=N–C) groups is 1. The van der Waals surface area contributed by atoms with E-state index in [1.54, 1.807) is 6.07 Å². The number of hydrogen-bond acceptors (Lipinski definition) is 3. The van der Waals surface area contributed by atoms with Crippen molar-refractivity contribution in [2.45, 2.75) is 6.42 Å². The molecule has 6 N–H and O–H groups in total. The molecule has 1 aromatic carbocycles. The maximum Gasteiger partial charge on any atom is 0.185 e. The number of aromatic hydroxyl groups is 2. The molecule has 0 radical (unpaired) electrons. The first-order chi connectivity index (χ1) is 6.59. The minimum Gasteiger partial charge on any atom is -0.504 e. The second kappa shape index (κ2) is 6.13. The fourth-order valence-corrected chi connectivity index (χ4v) is 1.04. The molecular weight excluding hydrogens is 262 g/mol. The summed E-state index contributed by atoms with van der Waals surface area (Å²) in [4.78, 5) is 3.80. The summed E-state index contributed by atoms with van der Waals surface area (Å²) in [5.74, 6) is -0.212. The van der Waals surface area contributed by atoms with Crippen molar-refractivity contribution in [1.82, 2.24) is 0 Å². The van der Waals surface area contributed by atoms with Crippen LogP contribution in [0.2, 0.25) is 0 Å². The van der Waals surface area contributed by atoms with Gasteiger partial charge in [0.25, 0.3) is 0 Å². The van der Waals surface area contributed by atoms with Gasteiger partial charge in [-0.25, -0.2) is 0 Å². The Balaban J connectivity index is 0.00000196. The first kappa shape index (κ1) is 13.6. The van der Waals surface area contributed by atoms with Gasteiger partial charge in [0.15, 0.2) is 17.5 Å². The SMILES string of the molecule is Br.NC(N)=NCCc1ccc(O)c(O)c1. The van der Waals surface area contributed by atoms with E-state index >= 15 is 0 Å². The van der Waals surface area contributed by atoms with Crippen LogP contribution < -0.4 is 11.5 Å². The van der Waals surface area contributed by atoms with Gasteiger partial charge < -0.3 is 21.7 Å². The number of nitrogens with two attached hydrogens (primary N) is 2. The number of rotatable bonds is 3. The van der Waals surface area contributed by atoms with Crippen molar-refractivity contribution in [3.8, 4) is 11.5 Å². The van der Waals surface area contributed by atoms with Gasteiger partial charge in [0.2, 0.25) is 0 Å². The summed E-state index contributed by atoms with van der Waals surface area (Å²) in [7, 11) is 0. The van der Waals surface area contributed by atoms with Crippen LogP contribution in [0.4, 0.5) is 0 Å². The summed E-state index contributed by atoms with van der Waals surface area (Å²) in [5, 5.41) is 18.2. The highest BCUT2D eigenvalue weighted by Crippen LogP contribution is 2.24. The zero-order valence-electron chi connectivity index (χ0n) is 8.05. The normalized spacial score (nSPS) is 9.07. The van der Waals surface area contributed by atoms with Crippen LogP contribution in [0.25, 0.3) is 0 Å². The summed E-state index contributed by atoms with van der Waals surface area (Å²) >= 11 is 0. The molecule has 0 heterocycles. The maximum absolute atomic E-state index is 9.17. The van der Waals surface area contributed by atoms with Crippen LogP contribution in [-0.4, -0.2) is 22.7 Å². The Kier molecular flexibility index (Phi) is 5.54. The lowest BCUT2D eigenvalue weighted by Gasteiger charge is -2.01. The predicted octanol–water partition coefficient (Wildman–Crippen LogP) is 0.492. The average Bonchev–Trinajstić information content (AvgIpc) is 2.10. The summed E-state index contributed by atoms with van der Waals surface area (Å²) < 4.78 is 0. The van der Waals surface area contributed by atoms with E-state index in [0.717, 1.165) is 5.56 Å². The van der Waals surface area contributed by atoms with E-state index in [1.807, 2.05) is 0 Å². The molecule has 15 heavy (non-hydrogen) atoms. The van der Waals surface area contributed by atoms with Crippen LogP contribution in [0.1, 0.15) is 5.56 Å². The van der Waals surface area contributed by atoms with Gasteiger partial charge in [0.1, 0.15) is 0 Å². The minimum atomic E-state index is -0.132. The molecule has 5 nitrogen and oxygen atoms in total. The highest BCUT2D eigenvalue weighted by Gasteiger charge is 1.99. The highest BCUT2D eigenvalue weighted by molar-refractivity contribution is 8.93. The molecule has 0 saturated carbocycles. The third-order valence-electron chi connectivity index (χ3n) is 1.73. The van der Waals surface area contributed by atoms with Gasteiger partial charge in [-0.2, -0.15) is 0 Å². The van der Waals surface area contributed by atoms with Gasteiger partial charge >= 0.3 is 0 Å². The van der Waals surface area contributed by atoms with Crippen molar-refractivity contribution < 1.29 is 10.2 Å². The van der Waals surface area contributed by atoms with Crippen LogP contribution in [0.5, 0.6) is 11.5 Å². The maximum atomic E-state index is 9.17. The van der Waals surface area contributed by atoms with Crippen LogP contribution in [-0.2, 0) is 6.42 Å². The van der Waals surface area contributed by atoms with Crippen molar-refractivity contribution in [1.29, 1.82) is 0 Å². The highest BCUT2D eigenvalue weighted by atomic mass is 79.9. The number of nitrogens with zero attached hydrogens (tertiary/aromatic N) is 1. The molecule has 0 aromatic heterocycles. The second-order valence-corrected chi connectivity index (χ2v) is 2.88. The predicted molar refractivity (Wildman–Crippen MR) is 64.5 cm³/mol. The monoisotopic (exact) mass is 275 g/mol. The lowest BCUT2D eigenvalue weighted by molar-refractivity contribution is 0.403. The molecular formula is C9H14BrN3O2. The smallest absolute Gasteiger partial charge is 0.185 e. The molecule has 84 valence electrons. The number of halogens is 1. The number of benzene rings is 1. The molecule has 0 bridgehead atoms. The first-order valence-electron chi connectivity index (χ1n) is 4.16. The summed E-state index contributed by atoms with van der Waals surface area (Å²) in [5.41, 5.74) is 11.2. The van der Waals surface area contributed by atoms with E-state index in [2.05, 4.69) is 4.99 Å². The van der Waals surface area contributed by atoms with Gasteiger partial charge in [0, 0.05) is 6.54 Å². The standard InChI is InChI=1S/C9H13N3O2.BrH/c10-9(11)12-4-3-6-1-2-7(13)8(14)5-6;/h1-2,5,13-14H,3-4H2,(H4,10,11,12);1H. The van der Waals surface area contributed by atoms with Gasteiger partial charge in [-0.15, -0.1) is 17.0 Å². The molecule has 1 aromatic rings. The minimum absolute atomic E-state index is 0. The molecule has 0 fully saturated rings. The van der Waals surface area contributed by atoms with E-state index in [1.165, 1.54) is 12.1 Å². The molecule has 0 atom stereocenters. The lowest BCUT2D eigenvalue weighted by atomic mass is 10.1. The van der Waals surface area contributed by atoms with Crippen molar-refractivity contribution in [3.63, 3.8) is 0 Å². The molecule has 0 unspecified atom stereocenters. The Morgan fingerprint density at radius 1 is 1.20 bits per heavy atom. The average molecular weight is 276 g/mol. The Morgan fingerprint density at radius 3 is 2.40 bits per heavy atom. The third-order valence-corrected chi connectivity index (χ3v) is 1.73. The molecule has 0 amide bonds. The van der Waals surface area contributed by atoms with Crippen molar-refractivity contribution in [2.24, 2.45) is 16.5 Å². The lowest BCUT2D eigenvalue weighted by Crippen LogP contribution is -2.23. The van der Waals surface area contributed by atoms with E-state index in [0.29, 0.717) is 13.0 Å². The molecule has 0 aliphatic rings. The van der Waals surface area contributed by atoms with Gasteiger partial charge in [-0.3, -0.25) is 4.99 Å². The van der Waals surface area contributed by atoms with Crippen molar-refractivity contribution >= 4 is 22.9 Å². The van der Waals surface area contributed by atoms with Gasteiger partial charge in [-0.05, 0) is 24.1 Å². The summed E-state index contributed by atoms with van der Waals surface area (Å²) in [6.45, 7) is 0.465. The summed E-state index contributed by atoms with van der Waals surface area (Å²) in [6, 6.07) is 4.62. The zero-order chi connectivity index (χ0) is 10.6. The van der Waals surface area contributed by atoms with Crippen LogP contribution in [0.3, 0.4) is 0 Å². The number of guanidine groups is 1. The molecule has 0 spiro atoms. The van der Waals surface area contributed by atoms with Crippen molar-refractivity contribution in [3.05, 3.63) is 23.8 Å². The zero-order valence-corrected chi connectivity index (χ0v) is 9.76. The second-order valence-electron chi connectivity index (χ2n) is 2.88. The quantitative estimate of drug-likeness (QED) is 0.366. The molecule has 0 saturated heterocycles. The number of phenols is 2. The van der Waals surface area contributed by atoms with E-state index < -0.39 is 0 Å². The molecule has 1 rings (SSSR count). The molecule has 6 heteroatoms. The number of hydrogen-bond donors (Lipinski definition) is 4. The fraction of sp³-hybridized carbons (Fsp3) is 0.222. The number of phenolic OH excluding ortho intramolecular Hbond substituents is 2. The Bertz CT molecular complexity index is 351. The van der Waals surface area contributed by atoms with Gasteiger partial charge in [0.05, 0.1) is 0 Å². The molecule has 0 aliphatic heterocycles. The largest absolute Gasteiger partial charge is 0.504 e.